The van der Waals surface area contributed by atoms with Gasteiger partial charge in [0.25, 0.3) is 11.7 Å². The number of fused-ring (bicyclic) bond motifs is 1. The van der Waals surface area contributed by atoms with Crippen molar-refractivity contribution in [1.82, 2.24) is 9.72 Å². The molecule has 0 saturated heterocycles. The predicted molar refractivity (Wildman–Crippen MR) is 130 cm³/mol. The molecule has 2 aromatic heterocycles. The van der Waals surface area contributed by atoms with Crippen LogP contribution in [-0.2, 0) is 11.2 Å². The van der Waals surface area contributed by atoms with E-state index in [9.17, 15) is 9.59 Å². The molecule has 0 bridgehead atoms. The van der Waals surface area contributed by atoms with Gasteiger partial charge in [0.2, 0.25) is 0 Å². The fraction of sp³-hybridized carbons (Fsp3) is 0.185. The Labute approximate surface area is 197 Å². The molecular formula is C27H26N2O5. The first-order valence-corrected chi connectivity index (χ1v) is 10.8. The normalized spacial score (nSPS) is 10.7. The number of methoxy groups -OCH3 is 3. The van der Waals surface area contributed by atoms with Crippen molar-refractivity contribution in [3.05, 3.63) is 84.2 Å². The minimum atomic E-state index is -0.654. The van der Waals surface area contributed by atoms with Crippen molar-refractivity contribution in [2.45, 2.75) is 6.42 Å². The van der Waals surface area contributed by atoms with Crippen LogP contribution in [0.4, 0.5) is 0 Å². The summed E-state index contributed by atoms with van der Waals surface area (Å²) in [6.07, 6.45) is 2.33. The van der Waals surface area contributed by atoms with Crippen molar-refractivity contribution >= 4 is 17.2 Å². The molecule has 34 heavy (non-hydrogen) atoms. The highest BCUT2D eigenvalue weighted by atomic mass is 16.5. The van der Waals surface area contributed by atoms with Gasteiger partial charge in [0, 0.05) is 23.8 Å². The van der Waals surface area contributed by atoms with Crippen LogP contribution in [0, 0.1) is 0 Å². The van der Waals surface area contributed by atoms with Crippen LogP contribution in [0.2, 0.25) is 0 Å². The van der Waals surface area contributed by atoms with E-state index in [0.29, 0.717) is 41.5 Å². The number of nitrogens with zero attached hydrogens (tertiary/aromatic N) is 1. The molecule has 0 saturated carbocycles. The van der Waals surface area contributed by atoms with E-state index in [2.05, 4.69) is 5.32 Å². The lowest BCUT2D eigenvalue weighted by atomic mass is 10.0. The average Bonchev–Trinajstić information content (AvgIpc) is 3.27. The summed E-state index contributed by atoms with van der Waals surface area (Å²) in [6.45, 7) is 0.307. The van der Waals surface area contributed by atoms with Gasteiger partial charge in [-0.05, 0) is 60.0 Å². The van der Waals surface area contributed by atoms with Gasteiger partial charge in [0.1, 0.15) is 11.4 Å². The standard InChI is InChI=1S/C27H26N2O5/c1-32-21-10-8-19(9-11-21)22-17-20-6-4-5-15-29(20)25(22)26(30)27(31)28-14-13-18-7-12-23(33-2)24(16-18)34-3/h4-12,15-17H,13-14H2,1-3H3,(H,28,31). The minimum absolute atomic E-state index is 0.307. The minimum Gasteiger partial charge on any atom is -0.497 e. The maximum atomic E-state index is 13.3. The third-order valence-corrected chi connectivity index (χ3v) is 5.65. The molecule has 7 nitrogen and oxygen atoms in total. The molecule has 2 heterocycles. The second-order valence-corrected chi connectivity index (χ2v) is 7.65. The van der Waals surface area contributed by atoms with Crippen LogP contribution in [0.1, 0.15) is 16.1 Å². The van der Waals surface area contributed by atoms with Crippen molar-refractivity contribution in [2.75, 3.05) is 27.9 Å². The average molecular weight is 459 g/mol. The first kappa shape index (κ1) is 22.9. The van der Waals surface area contributed by atoms with Gasteiger partial charge >= 0.3 is 0 Å². The summed E-state index contributed by atoms with van der Waals surface area (Å²) in [6, 6.07) is 20.5. The van der Waals surface area contributed by atoms with Crippen LogP contribution in [0.5, 0.6) is 17.2 Å². The summed E-state index contributed by atoms with van der Waals surface area (Å²) in [7, 11) is 4.75. The Balaban J connectivity index is 1.54. The summed E-state index contributed by atoms with van der Waals surface area (Å²) < 4.78 is 17.6. The smallest absolute Gasteiger partial charge is 0.294 e. The first-order valence-electron chi connectivity index (χ1n) is 10.8. The molecule has 4 rings (SSSR count). The highest BCUT2D eigenvalue weighted by molar-refractivity contribution is 6.43. The van der Waals surface area contributed by atoms with Gasteiger partial charge < -0.3 is 23.9 Å². The number of carbonyl (C=O) groups excluding carboxylic acids is 2. The molecule has 7 heteroatoms. The number of rotatable bonds is 9. The molecule has 0 spiro atoms. The summed E-state index contributed by atoms with van der Waals surface area (Å²) >= 11 is 0. The van der Waals surface area contributed by atoms with E-state index in [-0.39, 0.29) is 0 Å². The number of nitrogens with one attached hydrogen (secondary N) is 1. The zero-order valence-corrected chi connectivity index (χ0v) is 19.3. The van der Waals surface area contributed by atoms with E-state index < -0.39 is 11.7 Å². The zero-order valence-electron chi connectivity index (χ0n) is 19.3. The van der Waals surface area contributed by atoms with E-state index in [0.717, 1.165) is 16.6 Å². The van der Waals surface area contributed by atoms with Gasteiger partial charge in [-0.25, -0.2) is 0 Å². The number of ether oxygens (including phenoxy) is 3. The lowest BCUT2D eigenvalue weighted by Gasteiger charge is -2.10. The monoisotopic (exact) mass is 458 g/mol. The summed E-state index contributed by atoms with van der Waals surface area (Å²) in [4.78, 5) is 26.1. The molecule has 0 unspecified atom stereocenters. The Bertz CT molecular complexity index is 1320. The lowest BCUT2D eigenvalue weighted by molar-refractivity contribution is -0.117. The molecule has 0 aliphatic heterocycles. The molecule has 2 aromatic carbocycles. The van der Waals surface area contributed by atoms with Gasteiger partial charge in [-0.1, -0.05) is 24.3 Å². The highest BCUT2D eigenvalue weighted by Gasteiger charge is 2.24. The SMILES string of the molecule is COc1ccc(-c2cc3ccccn3c2C(=O)C(=O)NCCc2ccc(OC)c(OC)c2)cc1. The van der Waals surface area contributed by atoms with Crippen molar-refractivity contribution in [3.63, 3.8) is 0 Å². The van der Waals surface area contributed by atoms with Gasteiger partial charge in [-0.2, -0.15) is 0 Å². The molecule has 1 N–H and O–H groups in total. The third-order valence-electron chi connectivity index (χ3n) is 5.65. The van der Waals surface area contributed by atoms with E-state index in [1.165, 1.54) is 0 Å². The number of amides is 1. The number of hydrogen-bond acceptors (Lipinski definition) is 5. The van der Waals surface area contributed by atoms with E-state index in [4.69, 9.17) is 14.2 Å². The molecule has 1 amide bonds. The molecule has 0 atom stereocenters. The Kier molecular flexibility index (Phi) is 6.82. The Morgan fingerprint density at radius 2 is 1.62 bits per heavy atom. The molecule has 0 radical (unpaired) electrons. The number of benzene rings is 2. The Hall–Kier alpha value is -4.26. The molecule has 174 valence electrons. The van der Waals surface area contributed by atoms with Crippen LogP contribution in [0.15, 0.2) is 72.9 Å². The maximum Gasteiger partial charge on any atom is 0.294 e. The summed E-state index contributed by atoms with van der Waals surface area (Å²) in [5.74, 6) is 0.722. The number of carbonyl (C=O) groups is 2. The van der Waals surface area contributed by atoms with E-state index >= 15 is 0 Å². The van der Waals surface area contributed by atoms with Crippen LogP contribution in [-0.4, -0.2) is 44.0 Å². The number of hydrogen-bond donors (Lipinski definition) is 1. The molecular weight excluding hydrogens is 432 g/mol. The highest BCUT2D eigenvalue weighted by Crippen LogP contribution is 2.30. The van der Waals surface area contributed by atoms with Gasteiger partial charge in [-0.3, -0.25) is 9.59 Å². The number of ketones is 1. The zero-order chi connectivity index (χ0) is 24.1. The van der Waals surface area contributed by atoms with E-state index in [1.54, 1.807) is 31.9 Å². The van der Waals surface area contributed by atoms with Gasteiger partial charge in [-0.15, -0.1) is 0 Å². The van der Waals surface area contributed by atoms with Crippen molar-refractivity contribution in [2.24, 2.45) is 0 Å². The number of pyridine rings is 1. The van der Waals surface area contributed by atoms with Gasteiger partial charge in [0.05, 0.1) is 21.3 Å². The third kappa shape index (κ3) is 4.59. The Morgan fingerprint density at radius 1 is 0.853 bits per heavy atom. The van der Waals surface area contributed by atoms with Crippen LogP contribution in [0.25, 0.3) is 16.6 Å². The van der Waals surface area contributed by atoms with Crippen LogP contribution >= 0.6 is 0 Å². The molecule has 4 aromatic rings. The van der Waals surface area contributed by atoms with E-state index in [1.807, 2.05) is 66.7 Å². The lowest BCUT2D eigenvalue weighted by Crippen LogP contribution is -2.33. The molecule has 0 aliphatic rings. The van der Waals surface area contributed by atoms with Crippen molar-refractivity contribution < 1.29 is 23.8 Å². The fourth-order valence-corrected chi connectivity index (χ4v) is 3.89. The predicted octanol–water partition coefficient (Wildman–Crippen LogP) is 4.17. The number of aromatic nitrogens is 1. The quantitative estimate of drug-likeness (QED) is 0.301. The topological polar surface area (TPSA) is 78.3 Å². The van der Waals surface area contributed by atoms with Crippen molar-refractivity contribution in [3.8, 4) is 28.4 Å². The van der Waals surface area contributed by atoms with Gasteiger partial charge in [0.15, 0.2) is 11.5 Å². The van der Waals surface area contributed by atoms with Crippen molar-refractivity contribution in [1.29, 1.82) is 0 Å². The van der Waals surface area contributed by atoms with Crippen LogP contribution < -0.4 is 19.5 Å². The second kappa shape index (κ2) is 10.1. The maximum absolute atomic E-state index is 13.3. The second-order valence-electron chi connectivity index (χ2n) is 7.65. The largest absolute Gasteiger partial charge is 0.497 e. The van der Waals surface area contributed by atoms with Crippen LogP contribution in [0.3, 0.4) is 0 Å². The number of Topliss-reactive ketones (excluding diaryl/α,β-unsaturated/α-hetero) is 1. The fourth-order valence-electron chi connectivity index (χ4n) is 3.89. The Morgan fingerprint density at radius 3 is 2.32 bits per heavy atom. The summed E-state index contributed by atoms with van der Waals surface area (Å²) in [5, 5.41) is 2.75. The first-order chi connectivity index (χ1) is 16.5. The molecule has 0 aliphatic carbocycles. The molecule has 0 fully saturated rings. The summed E-state index contributed by atoms with van der Waals surface area (Å²) in [5.41, 5.74) is 3.62.